The number of benzene rings is 1. The van der Waals surface area contributed by atoms with Crippen molar-refractivity contribution in [2.75, 3.05) is 32.8 Å². The van der Waals surface area contributed by atoms with Crippen LogP contribution in [0.5, 0.6) is 0 Å². The number of nitrogens with zero attached hydrogens (tertiary/aromatic N) is 1. The molecule has 0 aromatic heterocycles. The number of morpholine rings is 2. The van der Waals surface area contributed by atoms with E-state index in [-0.39, 0.29) is 24.2 Å². The quantitative estimate of drug-likeness (QED) is 0.881. The van der Waals surface area contributed by atoms with Gasteiger partial charge in [0.1, 0.15) is 12.2 Å². The molecule has 2 aliphatic rings. The largest absolute Gasteiger partial charge is 0.367 e. The Morgan fingerprint density at radius 2 is 2.10 bits per heavy atom. The lowest BCUT2D eigenvalue weighted by Gasteiger charge is -2.39. The molecule has 2 fully saturated rings. The Labute approximate surface area is 125 Å². The second-order valence-corrected chi connectivity index (χ2v) is 5.65. The van der Waals surface area contributed by atoms with E-state index in [0.29, 0.717) is 26.2 Å². The van der Waals surface area contributed by atoms with Gasteiger partial charge in [0.25, 0.3) is 5.91 Å². The van der Waals surface area contributed by atoms with E-state index in [2.05, 4.69) is 5.32 Å². The van der Waals surface area contributed by atoms with Gasteiger partial charge < -0.3 is 19.7 Å². The summed E-state index contributed by atoms with van der Waals surface area (Å²) in [5.41, 5.74) is 1.12. The molecule has 1 aromatic rings. The van der Waals surface area contributed by atoms with E-state index in [1.165, 1.54) is 0 Å². The summed E-state index contributed by atoms with van der Waals surface area (Å²) < 4.78 is 11.6. The van der Waals surface area contributed by atoms with Crippen molar-refractivity contribution in [2.24, 2.45) is 0 Å². The maximum absolute atomic E-state index is 12.6. The molecule has 3 rings (SSSR count). The van der Waals surface area contributed by atoms with Crippen molar-refractivity contribution in [3.8, 4) is 0 Å². The Morgan fingerprint density at radius 3 is 2.81 bits per heavy atom. The molecule has 0 radical (unpaired) electrons. The van der Waals surface area contributed by atoms with Crippen molar-refractivity contribution >= 4 is 5.91 Å². The first-order valence-corrected chi connectivity index (χ1v) is 7.55. The number of rotatable bonds is 2. The topological polar surface area (TPSA) is 50.8 Å². The minimum Gasteiger partial charge on any atom is -0.367 e. The van der Waals surface area contributed by atoms with E-state index < -0.39 is 0 Å². The highest BCUT2D eigenvalue weighted by atomic mass is 16.5. The molecular formula is C16H22N2O3. The van der Waals surface area contributed by atoms with E-state index >= 15 is 0 Å². The number of carbonyl (C=O) groups excluding carboxylic acids is 1. The van der Waals surface area contributed by atoms with Gasteiger partial charge in [-0.2, -0.15) is 0 Å². The molecule has 1 aromatic carbocycles. The van der Waals surface area contributed by atoms with Gasteiger partial charge in [-0.1, -0.05) is 30.3 Å². The van der Waals surface area contributed by atoms with E-state index in [1.54, 1.807) is 0 Å². The first kappa shape index (κ1) is 14.5. The van der Waals surface area contributed by atoms with Crippen LogP contribution in [-0.4, -0.2) is 55.8 Å². The highest BCUT2D eigenvalue weighted by molar-refractivity contribution is 5.81. The summed E-state index contributed by atoms with van der Waals surface area (Å²) in [6.45, 7) is 5.24. The summed E-state index contributed by atoms with van der Waals surface area (Å²) in [7, 11) is 0. The number of hydrogen-bond acceptors (Lipinski definition) is 4. The number of amides is 1. The standard InChI is InChI=1S/C16H22N2O3/c1-12-10-18(16(19)14-9-17-7-8-20-14)11-15(21-12)13-5-3-2-4-6-13/h2-6,12,14-15,17H,7-11H2,1H3/t12-,14-,15-/m1/s1. The predicted molar refractivity (Wildman–Crippen MR) is 78.9 cm³/mol. The van der Waals surface area contributed by atoms with Gasteiger partial charge >= 0.3 is 0 Å². The fraction of sp³-hybridized carbons (Fsp3) is 0.562. The summed E-state index contributed by atoms with van der Waals surface area (Å²) in [5, 5.41) is 3.21. The Hall–Kier alpha value is -1.43. The highest BCUT2D eigenvalue weighted by Crippen LogP contribution is 2.25. The fourth-order valence-electron chi connectivity index (χ4n) is 2.91. The molecule has 21 heavy (non-hydrogen) atoms. The van der Waals surface area contributed by atoms with Crippen LogP contribution in [0.25, 0.3) is 0 Å². The lowest BCUT2D eigenvalue weighted by molar-refractivity contribution is -0.157. The number of nitrogens with one attached hydrogen (secondary N) is 1. The lowest BCUT2D eigenvalue weighted by Crippen LogP contribution is -2.54. The molecule has 0 unspecified atom stereocenters. The third-order valence-corrected chi connectivity index (χ3v) is 3.95. The SMILES string of the molecule is C[C@@H]1CN(C(=O)[C@H]2CNCCO2)C[C@H](c2ccccc2)O1. The third-order valence-electron chi connectivity index (χ3n) is 3.95. The first-order chi connectivity index (χ1) is 10.2. The molecule has 2 saturated heterocycles. The predicted octanol–water partition coefficient (Wildman–Crippen LogP) is 0.963. The van der Waals surface area contributed by atoms with Crippen molar-refractivity contribution in [2.45, 2.75) is 25.2 Å². The number of carbonyl (C=O) groups is 1. The monoisotopic (exact) mass is 290 g/mol. The van der Waals surface area contributed by atoms with Crippen molar-refractivity contribution in [1.29, 1.82) is 0 Å². The smallest absolute Gasteiger partial charge is 0.253 e. The van der Waals surface area contributed by atoms with E-state index in [9.17, 15) is 4.79 Å². The second-order valence-electron chi connectivity index (χ2n) is 5.65. The molecule has 1 amide bonds. The second kappa shape index (κ2) is 6.56. The van der Waals surface area contributed by atoms with Crippen molar-refractivity contribution < 1.29 is 14.3 Å². The zero-order chi connectivity index (χ0) is 14.7. The molecule has 3 atom stereocenters. The molecule has 0 bridgehead atoms. The van der Waals surface area contributed by atoms with Gasteiger partial charge in [0.2, 0.25) is 0 Å². The van der Waals surface area contributed by atoms with Crippen molar-refractivity contribution in [1.82, 2.24) is 10.2 Å². The van der Waals surface area contributed by atoms with Crippen molar-refractivity contribution in [3.05, 3.63) is 35.9 Å². The van der Waals surface area contributed by atoms with Gasteiger partial charge in [-0.15, -0.1) is 0 Å². The average molecular weight is 290 g/mol. The average Bonchev–Trinajstić information content (AvgIpc) is 2.55. The lowest BCUT2D eigenvalue weighted by atomic mass is 10.1. The minimum atomic E-state index is -0.361. The Balaban J connectivity index is 1.69. The molecule has 0 spiro atoms. The Kier molecular flexibility index (Phi) is 4.53. The van der Waals surface area contributed by atoms with E-state index in [0.717, 1.165) is 12.1 Å². The molecule has 5 heteroatoms. The molecular weight excluding hydrogens is 268 g/mol. The van der Waals surface area contributed by atoms with Crippen LogP contribution in [-0.2, 0) is 14.3 Å². The van der Waals surface area contributed by atoms with Crippen LogP contribution in [0.4, 0.5) is 0 Å². The Bertz CT molecular complexity index is 474. The van der Waals surface area contributed by atoms with Gasteiger partial charge in [0, 0.05) is 19.6 Å². The first-order valence-electron chi connectivity index (χ1n) is 7.55. The normalized spacial score (nSPS) is 30.1. The third kappa shape index (κ3) is 3.43. The van der Waals surface area contributed by atoms with Gasteiger partial charge in [0.15, 0.2) is 0 Å². The van der Waals surface area contributed by atoms with Crippen LogP contribution in [0.2, 0.25) is 0 Å². The summed E-state index contributed by atoms with van der Waals surface area (Å²) in [6, 6.07) is 10.1. The highest BCUT2D eigenvalue weighted by Gasteiger charge is 2.33. The zero-order valence-corrected chi connectivity index (χ0v) is 12.3. The molecule has 2 heterocycles. The van der Waals surface area contributed by atoms with Crippen LogP contribution >= 0.6 is 0 Å². The molecule has 114 valence electrons. The molecule has 1 N–H and O–H groups in total. The van der Waals surface area contributed by atoms with Gasteiger partial charge in [0.05, 0.1) is 19.3 Å². The van der Waals surface area contributed by atoms with Gasteiger partial charge in [-0.3, -0.25) is 4.79 Å². The van der Waals surface area contributed by atoms with Crippen LogP contribution in [0, 0.1) is 0 Å². The van der Waals surface area contributed by atoms with E-state index in [1.807, 2.05) is 42.2 Å². The van der Waals surface area contributed by atoms with Gasteiger partial charge in [-0.25, -0.2) is 0 Å². The van der Waals surface area contributed by atoms with Crippen molar-refractivity contribution in [3.63, 3.8) is 0 Å². The minimum absolute atomic E-state index is 0.0319. The summed E-state index contributed by atoms with van der Waals surface area (Å²) in [6.07, 6.45) is -0.389. The molecule has 5 nitrogen and oxygen atoms in total. The van der Waals surface area contributed by atoms with Crippen LogP contribution < -0.4 is 5.32 Å². The molecule has 0 saturated carbocycles. The molecule has 0 aliphatic carbocycles. The van der Waals surface area contributed by atoms with Crippen LogP contribution in [0.1, 0.15) is 18.6 Å². The number of hydrogen-bond donors (Lipinski definition) is 1. The maximum Gasteiger partial charge on any atom is 0.253 e. The Morgan fingerprint density at radius 1 is 1.29 bits per heavy atom. The summed E-state index contributed by atoms with van der Waals surface area (Å²) in [5.74, 6) is 0.0679. The zero-order valence-electron chi connectivity index (χ0n) is 12.3. The van der Waals surface area contributed by atoms with Gasteiger partial charge in [-0.05, 0) is 12.5 Å². The fourth-order valence-corrected chi connectivity index (χ4v) is 2.91. The van der Waals surface area contributed by atoms with Crippen LogP contribution in [0.3, 0.4) is 0 Å². The molecule has 2 aliphatic heterocycles. The van der Waals surface area contributed by atoms with E-state index in [4.69, 9.17) is 9.47 Å². The summed E-state index contributed by atoms with van der Waals surface area (Å²) >= 11 is 0. The number of ether oxygens (including phenoxy) is 2. The summed E-state index contributed by atoms with van der Waals surface area (Å²) in [4.78, 5) is 14.5. The van der Waals surface area contributed by atoms with Crippen LogP contribution in [0.15, 0.2) is 30.3 Å². The maximum atomic E-state index is 12.6.